The summed E-state index contributed by atoms with van der Waals surface area (Å²) in [5, 5.41) is 16.3. The molecule has 0 bridgehead atoms. The molecular formula is C15H13N5O3S. The molecule has 0 saturated carbocycles. The summed E-state index contributed by atoms with van der Waals surface area (Å²) < 4.78 is 13.2. The first-order valence-electron chi connectivity index (χ1n) is 6.85. The molecule has 0 fully saturated rings. The number of phenolic OH excluding ortho intramolecular Hbond substituents is 1. The molecule has 1 aromatic heterocycles. The predicted molar refractivity (Wildman–Crippen MR) is 91.8 cm³/mol. The molecule has 24 heavy (non-hydrogen) atoms. The summed E-state index contributed by atoms with van der Waals surface area (Å²) in [6.07, 6.45) is 1.33. The van der Waals surface area contributed by atoms with Gasteiger partial charge in [0.05, 0.1) is 30.7 Å². The maximum atomic E-state index is 11.9. The fourth-order valence-corrected chi connectivity index (χ4v) is 2.53. The van der Waals surface area contributed by atoms with Gasteiger partial charge in [0.25, 0.3) is 0 Å². The number of nitrogens with one attached hydrogen (secondary N) is 2. The molecule has 0 aliphatic carbocycles. The second-order valence-corrected chi connectivity index (χ2v) is 5.21. The number of aromatic nitrogens is 2. The lowest BCUT2D eigenvalue weighted by Gasteiger charge is -2.05. The van der Waals surface area contributed by atoms with Crippen molar-refractivity contribution in [2.45, 2.75) is 0 Å². The fourth-order valence-electron chi connectivity index (χ4n) is 1.98. The van der Waals surface area contributed by atoms with Crippen LogP contribution in [-0.4, -0.2) is 33.2 Å². The van der Waals surface area contributed by atoms with Crippen LogP contribution in [0.2, 0.25) is 0 Å². The molecule has 0 atom stereocenters. The van der Waals surface area contributed by atoms with Crippen LogP contribution < -0.4 is 15.5 Å². The van der Waals surface area contributed by atoms with Crippen LogP contribution in [0.1, 0.15) is 5.56 Å². The Morgan fingerprint density at radius 1 is 1.33 bits per heavy atom. The van der Waals surface area contributed by atoms with Gasteiger partial charge in [-0.1, -0.05) is 6.07 Å². The lowest BCUT2D eigenvalue weighted by Crippen LogP contribution is -2.24. The maximum absolute atomic E-state index is 11.9. The second kappa shape index (κ2) is 6.92. The van der Waals surface area contributed by atoms with E-state index in [4.69, 9.17) is 4.74 Å². The minimum Gasteiger partial charge on any atom is -0.507 e. The Hall–Kier alpha value is -3.20. The zero-order valence-electron chi connectivity index (χ0n) is 12.6. The molecule has 2 aromatic carbocycles. The van der Waals surface area contributed by atoms with E-state index in [2.05, 4.69) is 24.6 Å². The van der Waals surface area contributed by atoms with Gasteiger partial charge in [-0.3, -0.25) is 0 Å². The molecular weight excluding hydrogens is 330 g/mol. The third-order valence-corrected chi connectivity index (χ3v) is 3.68. The number of benzene rings is 2. The van der Waals surface area contributed by atoms with E-state index < -0.39 is 6.03 Å². The number of fused-ring (bicyclic) bond motifs is 1. The van der Waals surface area contributed by atoms with Gasteiger partial charge in [-0.2, -0.15) is 13.8 Å². The van der Waals surface area contributed by atoms with Gasteiger partial charge in [0.2, 0.25) is 0 Å². The third-order valence-electron chi connectivity index (χ3n) is 3.14. The van der Waals surface area contributed by atoms with Crippen molar-refractivity contribution in [2.75, 3.05) is 12.4 Å². The summed E-state index contributed by atoms with van der Waals surface area (Å²) in [4.78, 5) is 11.9. The number of urea groups is 1. The largest absolute Gasteiger partial charge is 0.507 e. The van der Waals surface area contributed by atoms with Gasteiger partial charge in [0, 0.05) is 11.6 Å². The molecule has 2 amide bonds. The van der Waals surface area contributed by atoms with Crippen LogP contribution in [0.15, 0.2) is 41.5 Å². The van der Waals surface area contributed by atoms with E-state index in [1.807, 2.05) is 6.07 Å². The Kier molecular flexibility index (Phi) is 4.52. The summed E-state index contributed by atoms with van der Waals surface area (Å²) >= 11 is 1.07. The highest BCUT2D eigenvalue weighted by Gasteiger charge is 2.07. The van der Waals surface area contributed by atoms with Crippen LogP contribution in [-0.2, 0) is 0 Å². The van der Waals surface area contributed by atoms with E-state index in [-0.39, 0.29) is 5.75 Å². The number of nitrogens with zero attached hydrogens (tertiary/aromatic N) is 3. The van der Waals surface area contributed by atoms with Gasteiger partial charge in [-0.25, -0.2) is 10.2 Å². The standard InChI is InChI=1S/C15H13N5O3S/c1-23-10-6-5-9(13(21)7-10)8-16-18-15(22)17-11-3-2-4-12-14(11)20-24-19-12/h2-8,21H,1H3,(H2,17,18,22)/b16-8+. The number of hydrogen-bond donors (Lipinski definition) is 3. The van der Waals surface area contributed by atoms with Crippen molar-refractivity contribution in [3.8, 4) is 11.5 Å². The Bertz CT molecular complexity index is 909. The van der Waals surface area contributed by atoms with E-state index in [1.165, 1.54) is 19.4 Å². The van der Waals surface area contributed by atoms with Crippen molar-refractivity contribution in [1.29, 1.82) is 0 Å². The molecule has 0 aliphatic heterocycles. The SMILES string of the molecule is COc1ccc(/C=N/NC(=O)Nc2cccc3nsnc23)c(O)c1. The molecule has 0 saturated heterocycles. The van der Waals surface area contributed by atoms with E-state index in [0.717, 1.165) is 11.7 Å². The number of amides is 2. The van der Waals surface area contributed by atoms with E-state index in [1.54, 1.807) is 24.3 Å². The first-order chi connectivity index (χ1) is 11.7. The summed E-state index contributed by atoms with van der Waals surface area (Å²) in [5.74, 6) is 0.527. The molecule has 0 spiro atoms. The minimum atomic E-state index is -0.528. The van der Waals surface area contributed by atoms with Gasteiger partial charge < -0.3 is 15.2 Å². The zero-order chi connectivity index (χ0) is 16.9. The molecule has 0 radical (unpaired) electrons. The number of carbonyl (C=O) groups excluding carboxylic acids is 1. The minimum absolute atomic E-state index is 0.00127. The van der Waals surface area contributed by atoms with Crippen LogP contribution >= 0.6 is 11.7 Å². The number of carbonyl (C=O) groups is 1. The van der Waals surface area contributed by atoms with Gasteiger partial charge >= 0.3 is 6.03 Å². The average Bonchev–Trinajstić information content (AvgIpc) is 3.06. The molecule has 0 unspecified atom stereocenters. The smallest absolute Gasteiger partial charge is 0.339 e. The molecule has 8 nitrogen and oxygen atoms in total. The molecule has 1 heterocycles. The number of rotatable bonds is 4. The second-order valence-electron chi connectivity index (χ2n) is 4.69. The lowest BCUT2D eigenvalue weighted by molar-refractivity contribution is 0.252. The number of hydrogen-bond acceptors (Lipinski definition) is 7. The number of anilines is 1. The van der Waals surface area contributed by atoms with Crippen LogP contribution in [0.4, 0.5) is 10.5 Å². The summed E-state index contributed by atoms with van der Waals surface area (Å²) in [6, 6.07) is 9.54. The van der Waals surface area contributed by atoms with Crippen LogP contribution in [0, 0.1) is 0 Å². The molecule has 3 aromatic rings. The Labute approximate surface area is 141 Å². The molecule has 122 valence electrons. The number of hydrazone groups is 1. The Morgan fingerprint density at radius 3 is 3.00 bits per heavy atom. The average molecular weight is 343 g/mol. The van der Waals surface area contributed by atoms with Crippen molar-refractivity contribution >= 4 is 40.7 Å². The summed E-state index contributed by atoms with van der Waals surface area (Å²) in [7, 11) is 1.51. The van der Waals surface area contributed by atoms with Crippen molar-refractivity contribution in [2.24, 2.45) is 5.10 Å². The first-order valence-corrected chi connectivity index (χ1v) is 7.59. The van der Waals surface area contributed by atoms with E-state index >= 15 is 0 Å². The number of phenols is 1. The van der Waals surface area contributed by atoms with Gasteiger partial charge in [0.15, 0.2) is 0 Å². The molecule has 0 aliphatic rings. The van der Waals surface area contributed by atoms with Crippen molar-refractivity contribution < 1.29 is 14.6 Å². The highest BCUT2D eigenvalue weighted by atomic mass is 32.1. The van der Waals surface area contributed by atoms with Crippen molar-refractivity contribution in [3.63, 3.8) is 0 Å². The fraction of sp³-hybridized carbons (Fsp3) is 0.0667. The van der Waals surface area contributed by atoms with Gasteiger partial charge in [-0.05, 0) is 24.3 Å². The first kappa shape index (κ1) is 15.7. The Morgan fingerprint density at radius 2 is 2.21 bits per heavy atom. The summed E-state index contributed by atoms with van der Waals surface area (Å²) in [6.45, 7) is 0. The number of methoxy groups -OCH3 is 1. The van der Waals surface area contributed by atoms with Crippen LogP contribution in [0.5, 0.6) is 11.5 Å². The monoisotopic (exact) mass is 343 g/mol. The van der Waals surface area contributed by atoms with E-state index in [9.17, 15) is 9.90 Å². The molecule has 3 N–H and O–H groups in total. The highest BCUT2D eigenvalue weighted by Crippen LogP contribution is 2.22. The Balaban J connectivity index is 1.64. The zero-order valence-corrected chi connectivity index (χ0v) is 13.4. The topological polar surface area (TPSA) is 109 Å². The van der Waals surface area contributed by atoms with Gasteiger partial charge in [0.1, 0.15) is 22.5 Å². The summed E-state index contributed by atoms with van der Waals surface area (Å²) in [5.41, 5.74) is 4.65. The highest BCUT2D eigenvalue weighted by molar-refractivity contribution is 7.00. The lowest BCUT2D eigenvalue weighted by atomic mass is 10.2. The third kappa shape index (κ3) is 3.41. The maximum Gasteiger partial charge on any atom is 0.339 e. The van der Waals surface area contributed by atoms with Crippen molar-refractivity contribution in [1.82, 2.24) is 14.2 Å². The predicted octanol–water partition coefficient (Wildman–Crippen LogP) is 2.56. The molecule has 3 rings (SSSR count). The number of ether oxygens (including phenoxy) is 1. The van der Waals surface area contributed by atoms with Crippen LogP contribution in [0.3, 0.4) is 0 Å². The van der Waals surface area contributed by atoms with Crippen molar-refractivity contribution in [3.05, 3.63) is 42.0 Å². The number of aromatic hydroxyl groups is 1. The normalized spacial score (nSPS) is 10.9. The molecule has 9 heteroatoms. The van der Waals surface area contributed by atoms with Gasteiger partial charge in [-0.15, -0.1) is 0 Å². The quantitative estimate of drug-likeness (QED) is 0.498. The van der Waals surface area contributed by atoms with Crippen LogP contribution in [0.25, 0.3) is 11.0 Å². The van der Waals surface area contributed by atoms with E-state index in [0.29, 0.717) is 28.0 Å².